The number of hydrogen-bond acceptors (Lipinski definition) is 4. The van der Waals surface area contributed by atoms with Gasteiger partial charge in [0.05, 0.1) is 12.3 Å². The van der Waals surface area contributed by atoms with E-state index in [0.717, 1.165) is 11.8 Å². The van der Waals surface area contributed by atoms with Gasteiger partial charge in [0.2, 0.25) is 15.9 Å². The lowest BCUT2D eigenvalue weighted by Gasteiger charge is -2.12. The van der Waals surface area contributed by atoms with Gasteiger partial charge in [0.25, 0.3) is 0 Å². The van der Waals surface area contributed by atoms with Crippen molar-refractivity contribution in [2.45, 2.75) is 12.5 Å². The average Bonchev–Trinajstić information content (AvgIpc) is 2.34. The molecule has 1 atom stereocenters. The Morgan fingerprint density at radius 3 is 2.47 bits per heavy atom. The third-order valence-electron chi connectivity index (χ3n) is 2.42. The Morgan fingerprint density at radius 1 is 1.26 bits per heavy atom. The van der Waals surface area contributed by atoms with Gasteiger partial charge in [0, 0.05) is 13.1 Å². The standard InChI is InChI=1S/C12H19N3O3S/c1-19(17,18)15-8-7-14-12(16)11(13)9-10-5-3-2-4-6-10/h2-6,11,15H,7-9,13H2,1H3,(H,14,16). The lowest BCUT2D eigenvalue weighted by Crippen LogP contribution is -2.44. The van der Waals surface area contributed by atoms with E-state index in [0.29, 0.717) is 6.42 Å². The van der Waals surface area contributed by atoms with Crippen LogP contribution in [0.15, 0.2) is 30.3 Å². The van der Waals surface area contributed by atoms with Crippen LogP contribution in [0.1, 0.15) is 5.56 Å². The predicted octanol–water partition coefficient (Wildman–Crippen LogP) is -0.778. The first-order chi connectivity index (χ1) is 8.88. The fourth-order valence-electron chi connectivity index (χ4n) is 1.51. The molecule has 0 bridgehead atoms. The number of rotatable bonds is 7. The summed E-state index contributed by atoms with van der Waals surface area (Å²) in [6.07, 6.45) is 1.52. The highest BCUT2D eigenvalue weighted by Gasteiger charge is 2.13. The summed E-state index contributed by atoms with van der Waals surface area (Å²) in [5.41, 5.74) is 6.75. The van der Waals surface area contributed by atoms with E-state index in [4.69, 9.17) is 5.73 Å². The molecule has 6 nitrogen and oxygen atoms in total. The molecule has 19 heavy (non-hydrogen) atoms. The van der Waals surface area contributed by atoms with Crippen LogP contribution in [0, 0.1) is 0 Å². The van der Waals surface area contributed by atoms with Crippen molar-refractivity contribution in [1.82, 2.24) is 10.0 Å². The lowest BCUT2D eigenvalue weighted by atomic mass is 10.1. The lowest BCUT2D eigenvalue weighted by molar-refractivity contribution is -0.122. The monoisotopic (exact) mass is 285 g/mol. The summed E-state index contributed by atoms with van der Waals surface area (Å²) in [5.74, 6) is -0.292. The van der Waals surface area contributed by atoms with Gasteiger partial charge in [-0.1, -0.05) is 30.3 Å². The zero-order valence-electron chi connectivity index (χ0n) is 10.8. The van der Waals surface area contributed by atoms with Crippen LogP contribution in [0.5, 0.6) is 0 Å². The minimum atomic E-state index is -3.22. The molecule has 0 heterocycles. The molecule has 0 saturated carbocycles. The van der Waals surface area contributed by atoms with E-state index in [1.807, 2.05) is 30.3 Å². The Bertz CT molecular complexity index is 502. The summed E-state index contributed by atoms with van der Waals surface area (Å²) in [4.78, 5) is 11.7. The molecule has 1 unspecified atom stereocenters. The summed E-state index contributed by atoms with van der Waals surface area (Å²) in [5, 5.41) is 2.58. The number of nitrogens with one attached hydrogen (secondary N) is 2. The van der Waals surface area contributed by atoms with Gasteiger partial charge in [-0.3, -0.25) is 4.79 Å². The normalized spacial score (nSPS) is 12.9. The van der Waals surface area contributed by atoms with E-state index in [9.17, 15) is 13.2 Å². The molecule has 0 spiro atoms. The molecule has 1 amide bonds. The molecule has 0 aliphatic heterocycles. The zero-order valence-corrected chi connectivity index (χ0v) is 11.6. The van der Waals surface area contributed by atoms with Crippen molar-refractivity contribution in [3.05, 3.63) is 35.9 Å². The van der Waals surface area contributed by atoms with Gasteiger partial charge < -0.3 is 11.1 Å². The van der Waals surface area contributed by atoms with Gasteiger partial charge in [-0.25, -0.2) is 13.1 Å². The first-order valence-corrected chi connectivity index (χ1v) is 7.79. The maximum Gasteiger partial charge on any atom is 0.237 e. The Morgan fingerprint density at radius 2 is 1.89 bits per heavy atom. The molecule has 0 aromatic heterocycles. The van der Waals surface area contributed by atoms with E-state index < -0.39 is 16.1 Å². The Hall–Kier alpha value is -1.44. The SMILES string of the molecule is CS(=O)(=O)NCCNC(=O)C(N)Cc1ccccc1. The molecule has 106 valence electrons. The fourth-order valence-corrected chi connectivity index (χ4v) is 1.99. The average molecular weight is 285 g/mol. The van der Waals surface area contributed by atoms with Gasteiger partial charge in [0.15, 0.2) is 0 Å². The predicted molar refractivity (Wildman–Crippen MR) is 74.0 cm³/mol. The van der Waals surface area contributed by atoms with E-state index in [1.165, 1.54) is 0 Å². The molecule has 4 N–H and O–H groups in total. The molecule has 1 aromatic carbocycles. The second-order valence-electron chi connectivity index (χ2n) is 4.25. The van der Waals surface area contributed by atoms with Crippen molar-refractivity contribution in [2.75, 3.05) is 19.3 Å². The van der Waals surface area contributed by atoms with Crippen LogP contribution in [-0.2, 0) is 21.2 Å². The molecular weight excluding hydrogens is 266 g/mol. The van der Waals surface area contributed by atoms with Crippen LogP contribution in [0.2, 0.25) is 0 Å². The Labute approximate surface area is 113 Å². The van der Waals surface area contributed by atoms with Gasteiger partial charge in [-0.15, -0.1) is 0 Å². The Balaban J connectivity index is 2.29. The van der Waals surface area contributed by atoms with Crippen molar-refractivity contribution >= 4 is 15.9 Å². The van der Waals surface area contributed by atoms with Gasteiger partial charge >= 0.3 is 0 Å². The quantitative estimate of drug-likeness (QED) is 0.572. The van der Waals surface area contributed by atoms with Crippen LogP contribution in [0.3, 0.4) is 0 Å². The number of amides is 1. The van der Waals surface area contributed by atoms with E-state index in [-0.39, 0.29) is 19.0 Å². The van der Waals surface area contributed by atoms with Crippen LogP contribution in [-0.4, -0.2) is 39.7 Å². The second-order valence-corrected chi connectivity index (χ2v) is 6.09. The molecule has 1 aromatic rings. The summed E-state index contributed by atoms with van der Waals surface area (Å²) in [6, 6.07) is 8.83. The first-order valence-electron chi connectivity index (χ1n) is 5.90. The van der Waals surface area contributed by atoms with Crippen molar-refractivity contribution in [3.63, 3.8) is 0 Å². The molecule has 0 saturated heterocycles. The highest BCUT2D eigenvalue weighted by atomic mass is 32.2. The van der Waals surface area contributed by atoms with Crippen molar-refractivity contribution in [3.8, 4) is 0 Å². The highest BCUT2D eigenvalue weighted by molar-refractivity contribution is 7.88. The minimum absolute atomic E-state index is 0.155. The van der Waals surface area contributed by atoms with Gasteiger partial charge in [0.1, 0.15) is 0 Å². The molecular formula is C12H19N3O3S. The Kier molecular flexibility index (Phi) is 5.94. The van der Waals surface area contributed by atoms with Crippen LogP contribution in [0.4, 0.5) is 0 Å². The van der Waals surface area contributed by atoms with Crippen molar-refractivity contribution in [2.24, 2.45) is 5.73 Å². The highest BCUT2D eigenvalue weighted by Crippen LogP contribution is 2.01. The second kappa shape index (κ2) is 7.22. The molecule has 7 heteroatoms. The largest absolute Gasteiger partial charge is 0.353 e. The summed E-state index contributed by atoms with van der Waals surface area (Å²) < 4.78 is 23.9. The molecule has 1 rings (SSSR count). The number of carbonyl (C=O) groups excluding carboxylic acids is 1. The fraction of sp³-hybridized carbons (Fsp3) is 0.417. The van der Waals surface area contributed by atoms with Crippen LogP contribution < -0.4 is 15.8 Å². The van der Waals surface area contributed by atoms with Crippen molar-refractivity contribution < 1.29 is 13.2 Å². The topological polar surface area (TPSA) is 101 Å². The van der Waals surface area contributed by atoms with E-state index in [1.54, 1.807) is 0 Å². The third kappa shape index (κ3) is 6.90. The van der Waals surface area contributed by atoms with E-state index in [2.05, 4.69) is 10.0 Å². The number of carbonyl (C=O) groups is 1. The van der Waals surface area contributed by atoms with Crippen LogP contribution in [0.25, 0.3) is 0 Å². The summed E-state index contributed by atoms with van der Waals surface area (Å²) in [7, 11) is -3.22. The molecule has 0 aliphatic rings. The summed E-state index contributed by atoms with van der Waals surface area (Å²) in [6.45, 7) is 0.372. The number of hydrogen-bond donors (Lipinski definition) is 3. The number of benzene rings is 1. The molecule has 0 radical (unpaired) electrons. The number of sulfonamides is 1. The first kappa shape index (κ1) is 15.6. The van der Waals surface area contributed by atoms with Crippen molar-refractivity contribution in [1.29, 1.82) is 0 Å². The zero-order chi connectivity index (χ0) is 14.3. The molecule has 0 fully saturated rings. The van der Waals surface area contributed by atoms with Gasteiger partial charge in [-0.2, -0.15) is 0 Å². The summed E-state index contributed by atoms with van der Waals surface area (Å²) >= 11 is 0. The van der Waals surface area contributed by atoms with Gasteiger partial charge in [-0.05, 0) is 12.0 Å². The molecule has 0 aliphatic carbocycles. The van der Waals surface area contributed by atoms with E-state index >= 15 is 0 Å². The number of nitrogens with two attached hydrogens (primary N) is 1. The minimum Gasteiger partial charge on any atom is -0.353 e. The maximum absolute atomic E-state index is 11.7. The third-order valence-corrected chi connectivity index (χ3v) is 3.15. The maximum atomic E-state index is 11.7. The smallest absolute Gasteiger partial charge is 0.237 e. The van der Waals surface area contributed by atoms with Crippen LogP contribution >= 0.6 is 0 Å².